The first-order valence-corrected chi connectivity index (χ1v) is 33.9. The van der Waals surface area contributed by atoms with Crippen LogP contribution in [0.25, 0.3) is 0 Å². The molecule has 0 rings (SSSR count). The molecule has 78 heavy (non-hydrogen) atoms. The fraction of sp³-hybridized carbons (Fsp3) is 0.792. The summed E-state index contributed by atoms with van der Waals surface area (Å²) >= 11 is 0. The van der Waals surface area contributed by atoms with Crippen molar-refractivity contribution in [3.63, 3.8) is 0 Å². The molecule has 0 N–H and O–H groups in total. The smallest absolute Gasteiger partial charge is 0.306 e. The number of carbonyl (C=O) groups is 3. The standard InChI is InChI=1S/C72H128O6/c1-4-7-10-13-16-19-22-24-26-28-30-32-33-34-35-36-37-38-39-41-42-44-46-48-50-53-56-59-62-65-71(74)77-68-69(67-76-70(73)64-61-58-55-52-21-18-15-12-9-6-3)78-72(75)66-63-60-57-54-51-49-47-45-43-40-31-29-27-25-23-20-17-14-11-8-5-2/h7,10,16,19,23-26,29-32,69H,4-6,8-9,11-15,17-18,20-22,27-28,33-68H2,1-3H3/b10-7-,19-16-,25-23-,26-24-,31-29-,32-30-. The molecule has 0 aliphatic rings. The summed E-state index contributed by atoms with van der Waals surface area (Å²) in [5.41, 5.74) is 0. The van der Waals surface area contributed by atoms with Gasteiger partial charge in [-0.1, -0.05) is 312 Å². The summed E-state index contributed by atoms with van der Waals surface area (Å²) in [4.78, 5) is 38.3. The number of carbonyl (C=O) groups excluding carboxylic acids is 3. The lowest BCUT2D eigenvalue weighted by Crippen LogP contribution is -2.30. The van der Waals surface area contributed by atoms with Crippen molar-refractivity contribution >= 4 is 17.9 Å². The van der Waals surface area contributed by atoms with Crippen molar-refractivity contribution in [2.45, 2.75) is 354 Å². The maximum absolute atomic E-state index is 12.9. The topological polar surface area (TPSA) is 78.9 Å². The highest BCUT2D eigenvalue weighted by molar-refractivity contribution is 5.71. The average molecular weight is 1090 g/mol. The predicted octanol–water partition coefficient (Wildman–Crippen LogP) is 23.3. The second-order valence-electron chi connectivity index (χ2n) is 22.7. The Morgan fingerprint density at radius 1 is 0.269 bits per heavy atom. The highest BCUT2D eigenvalue weighted by Crippen LogP contribution is 2.17. The molecule has 0 bridgehead atoms. The third kappa shape index (κ3) is 63.7. The molecule has 0 fully saturated rings. The minimum absolute atomic E-state index is 0.0723. The SMILES string of the molecule is CC/C=C\C/C=C\C/C=C\C/C=C\CCCCCCCCCCCCCCCCCCC(=O)OCC(COC(=O)CCCCCCCCCCCC)OC(=O)CCCCCCCCCCC/C=C\C/C=C\CCCCCCC. The summed E-state index contributed by atoms with van der Waals surface area (Å²) in [6.45, 7) is 6.55. The minimum Gasteiger partial charge on any atom is -0.462 e. The number of allylic oxidation sites excluding steroid dienone is 12. The largest absolute Gasteiger partial charge is 0.462 e. The number of unbranched alkanes of at least 4 members (excludes halogenated alkanes) is 39. The molecule has 0 aromatic heterocycles. The van der Waals surface area contributed by atoms with Crippen LogP contribution in [0, 0.1) is 0 Å². The zero-order chi connectivity index (χ0) is 56.4. The van der Waals surface area contributed by atoms with E-state index >= 15 is 0 Å². The van der Waals surface area contributed by atoms with Crippen LogP contribution in [0.4, 0.5) is 0 Å². The molecular formula is C72H128O6. The van der Waals surface area contributed by atoms with Gasteiger partial charge in [-0.15, -0.1) is 0 Å². The van der Waals surface area contributed by atoms with Crippen LogP contribution in [0.2, 0.25) is 0 Å². The zero-order valence-electron chi connectivity index (χ0n) is 51.9. The summed E-state index contributed by atoms with van der Waals surface area (Å²) in [5.74, 6) is -0.859. The van der Waals surface area contributed by atoms with Crippen LogP contribution < -0.4 is 0 Å². The van der Waals surface area contributed by atoms with Crippen LogP contribution >= 0.6 is 0 Å². The summed E-state index contributed by atoms with van der Waals surface area (Å²) in [6.07, 6.45) is 86.4. The second-order valence-corrected chi connectivity index (χ2v) is 22.7. The molecule has 0 aliphatic carbocycles. The molecule has 1 atom stereocenters. The van der Waals surface area contributed by atoms with Crippen LogP contribution in [0.5, 0.6) is 0 Å². The van der Waals surface area contributed by atoms with E-state index in [1.807, 2.05) is 0 Å². The number of hydrogen-bond donors (Lipinski definition) is 0. The normalized spacial score (nSPS) is 12.5. The lowest BCUT2D eigenvalue weighted by Gasteiger charge is -2.18. The van der Waals surface area contributed by atoms with Crippen LogP contribution in [-0.4, -0.2) is 37.2 Å². The summed E-state index contributed by atoms with van der Waals surface area (Å²) in [6, 6.07) is 0. The van der Waals surface area contributed by atoms with Gasteiger partial charge in [-0.2, -0.15) is 0 Å². The first-order chi connectivity index (χ1) is 38.5. The maximum Gasteiger partial charge on any atom is 0.306 e. The zero-order valence-corrected chi connectivity index (χ0v) is 51.9. The average Bonchev–Trinajstić information content (AvgIpc) is 3.44. The first-order valence-electron chi connectivity index (χ1n) is 33.9. The van der Waals surface area contributed by atoms with E-state index in [-0.39, 0.29) is 31.1 Å². The van der Waals surface area contributed by atoms with Crippen molar-refractivity contribution in [2.75, 3.05) is 13.2 Å². The van der Waals surface area contributed by atoms with Crippen molar-refractivity contribution < 1.29 is 28.6 Å². The van der Waals surface area contributed by atoms with Gasteiger partial charge in [0.1, 0.15) is 13.2 Å². The van der Waals surface area contributed by atoms with Gasteiger partial charge in [0, 0.05) is 19.3 Å². The van der Waals surface area contributed by atoms with E-state index in [4.69, 9.17) is 14.2 Å². The Bertz CT molecular complexity index is 1440. The molecule has 0 spiro atoms. The summed E-state index contributed by atoms with van der Waals surface area (Å²) in [5, 5.41) is 0. The van der Waals surface area contributed by atoms with Crippen LogP contribution in [-0.2, 0) is 28.6 Å². The lowest BCUT2D eigenvalue weighted by molar-refractivity contribution is -0.167. The molecule has 6 heteroatoms. The molecule has 0 saturated heterocycles. The highest BCUT2D eigenvalue weighted by atomic mass is 16.6. The van der Waals surface area contributed by atoms with E-state index in [9.17, 15) is 14.4 Å². The van der Waals surface area contributed by atoms with Crippen molar-refractivity contribution in [3.05, 3.63) is 72.9 Å². The van der Waals surface area contributed by atoms with Gasteiger partial charge < -0.3 is 14.2 Å². The molecule has 0 aliphatic heterocycles. The summed E-state index contributed by atoms with van der Waals surface area (Å²) in [7, 11) is 0. The fourth-order valence-electron chi connectivity index (χ4n) is 9.88. The molecule has 1 unspecified atom stereocenters. The van der Waals surface area contributed by atoms with Gasteiger partial charge in [0.2, 0.25) is 0 Å². The van der Waals surface area contributed by atoms with E-state index in [2.05, 4.69) is 93.7 Å². The van der Waals surface area contributed by atoms with Crippen molar-refractivity contribution in [2.24, 2.45) is 0 Å². The Morgan fingerprint density at radius 3 is 0.782 bits per heavy atom. The number of rotatable bonds is 62. The molecule has 6 nitrogen and oxygen atoms in total. The molecule has 0 radical (unpaired) electrons. The third-order valence-electron chi connectivity index (χ3n) is 14.9. The van der Waals surface area contributed by atoms with Gasteiger partial charge >= 0.3 is 17.9 Å². The third-order valence-corrected chi connectivity index (χ3v) is 14.9. The molecular weight excluding hydrogens is 961 g/mol. The highest BCUT2D eigenvalue weighted by Gasteiger charge is 2.19. The van der Waals surface area contributed by atoms with Gasteiger partial charge in [0.05, 0.1) is 0 Å². The van der Waals surface area contributed by atoms with E-state index in [1.54, 1.807) is 0 Å². The summed E-state index contributed by atoms with van der Waals surface area (Å²) < 4.78 is 16.9. The second kappa shape index (κ2) is 66.4. The fourth-order valence-corrected chi connectivity index (χ4v) is 9.88. The Hall–Kier alpha value is -3.15. The Labute approximate surface area is 484 Å². The number of esters is 3. The molecule has 0 aromatic carbocycles. The van der Waals surface area contributed by atoms with Gasteiger partial charge in [0.15, 0.2) is 6.10 Å². The minimum atomic E-state index is -0.775. The Morgan fingerprint density at radius 2 is 0.500 bits per heavy atom. The Balaban J connectivity index is 4.17. The molecule has 452 valence electrons. The van der Waals surface area contributed by atoms with E-state index in [1.165, 1.54) is 218 Å². The van der Waals surface area contributed by atoms with Crippen molar-refractivity contribution in [3.8, 4) is 0 Å². The molecule has 0 heterocycles. The van der Waals surface area contributed by atoms with Crippen molar-refractivity contribution in [1.29, 1.82) is 0 Å². The van der Waals surface area contributed by atoms with E-state index < -0.39 is 6.10 Å². The van der Waals surface area contributed by atoms with Gasteiger partial charge in [-0.3, -0.25) is 14.4 Å². The predicted molar refractivity (Wildman–Crippen MR) is 339 cm³/mol. The Kier molecular flexibility index (Phi) is 63.7. The number of ether oxygens (including phenoxy) is 3. The van der Waals surface area contributed by atoms with Crippen LogP contribution in [0.15, 0.2) is 72.9 Å². The van der Waals surface area contributed by atoms with E-state index in [0.717, 1.165) is 89.9 Å². The van der Waals surface area contributed by atoms with Crippen LogP contribution in [0.1, 0.15) is 348 Å². The quantitative estimate of drug-likeness (QED) is 0.0261. The molecule has 0 aromatic rings. The van der Waals surface area contributed by atoms with Crippen molar-refractivity contribution in [1.82, 2.24) is 0 Å². The first kappa shape index (κ1) is 74.8. The maximum atomic E-state index is 12.9. The van der Waals surface area contributed by atoms with Crippen LogP contribution in [0.3, 0.4) is 0 Å². The molecule has 0 saturated carbocycles. The van der Waals surface area contributed by atoms with Gasteiger partial charge in [-0.25, -0.2) is 0 Å². The van der Waals surface area contributed by atoms with E-state index in [0.29, 0.717) is 19.3 Å². The van der Waals surface area contributed by atoms with Gasteiger partial charge in [-0.05, 0) is 89.9 Å². The number of hydrogen-bond acceptors (Lipinski definition) is 6. The monoisotopic (exact) mass is 1090 g/mol. The lowest BCUT2D eigenvalue weighted by atomic mass is 10.0. The van der Waals surface area contributed by atoms with Gasteiger partial charge in [0.25, 0.3) is 0 Å². The molecule has 0 amide bonds.